The van der Waals surface area contributed by atoms with E-state index in [4.69, 9.17) is 0 Å². The summed E-state index contributed by atoms with van der Waals surface area (Å²) in [6.07, 6.45) is 5.57. The number of aryl methyl sites for hydroxylation is 1. The molecule has 2 aliphatic carbocycles. The fourth-order valence-corrected chi connectivity index (χ4v) is 3.66. The van der Waals surface area contributed by atoms with E-state index in [1.165, 1.54) is 5.56 Å². The summed E-state index contributed by atoms with van der Waals surface area (Å²) in [5.74, 6) is 0.112. The summed E-state index contributed by atoms with van der Waals surface area (Å²) < 4.78 is 0. The van der Waals surface area contributed by atoms with E-state index >= 15 is 0 Å². The van der Waals surface area contributed by atoms with Gasteiger partial charge < -0.3 is 0 Å². The van der Waals surface area contributed by atoms with E-state index in [0.29, 0.717) is 6.42 Å². The minimum Gasteiger partial charge on any atom is -0.294 e. The Bertz CT molecular complexity index is 884. The minimum absolute atomic E-state index is 0.0250. The van der Waals surface area contributed by atoms with Gasteiger partial charge in [0.05, 0.1) is 0 Å². The number of hydrogen-bond acceptors (Lipinski definition) is 2. The fraction of sp³-hybridized carbons (Fsp3) is 0.143. The van der Waals surface area contributed by atoms with Crippen molar-refractivity contribution < 1.29 is 9.59 Å². The number of allylic oxidation sites excluding steroid dienone is 4. The van der Waals surface area contributed by atoms with Crippen molar-refractivity contribution in [3.63, 3.8) is 0 Å². The van der Waals surface area contributed by atoms with Crippen LogP contribution in [0.5, 0.6) is 0 Å². The van der Waals surface area contributed by atoms with Crippen LogP contribution in [0, 0.1) is 6.92 Å². The van der Waals surface area contributed by atoms with Gasteiger partial charge in [-0.05, 0) is 35.8 Å². The predicted molar refractivity (Wildman–Crippen MR) is 90.4 cm³/mol. The van der Waals surface area contributed by atoms with Crippen LogP contribution < -0.4 is 0 Å². The van der Waals surface area contributed by atoms with Crippen LogP contribution in [0.1, 0.15) is 33.5 Å². The van der Waals surface area contributed by atoms with Gasteiger partial charge in [-0.15, -0.1) is 0 Å². The molecule has 0 amide bonds. The van der Waals surface area contributed by atoms with Gasteiger partial charge >= 0.3 is 0 Å². The molecular formula is C21H16O2. The Morgan fingerprint density at radius 2 is 1.70 bits per heavy atom. The highest BCUT2D eigenvalue weighted by Crippen LogP contribution is 2.50. The van der Waals surface area contributed by atoms with E-state index in [-0.39, 0.29) is 11.6 Å². The summed E-state index contributed by atoms with van der Waals surface area (Å²) in [6, 6.07) is 15.9. The monoisotopic (exact) mass is 300 g/mol. The Morgan fingerprint density at radius 3 is 2.48 bits per heavy atom. The third-order valence-corrected chi connectivity index (χ3v) is 4.81. The number of carbonyl (C=O) groups is 2. The second kappa shape index (κ2) is 4.88. The number of Topliss-reactive ketones (excluding diaryl/α,β-unsaturated/α-hetero) is 1. The van der Waals surface area contributed by atoms with E-state index in [1.54, 1.807) is 12.2 Å². The molecule has 2 aromatic rings. The smallest absolute Gasteiger partial charge is 0.178 e. The van der Waals surface area contributed by atoms with Gasteiger partial charge in [0.2, 0.25) is 0 Å². The SMILES string of the molecule is Cc1ccc(C2=CC(=O)C=CC23CC(=O)c2ccccc23)cc1. The maximum Gasteiger partial charge on any atom is 0.178 e. The molecule has 0 radical (unpaired) electrons. The zero-order valence-corrected chi connectivity index (χ0v) is 12.9. The lowest BCUT2D eigenvalue weighted by Gasteiger charge is -2.32. The molecule has 2 nitrogen and oxygen atoms in total. The molecule has 23 heavy (non-hydrogen) atoms. The second-order valence-electron chi connectivity index (χ2n) is 6.28. The molecule has 1 atom stereocenters. The Balaban J connectivity index is 1.95. The number of hydrogen-bond donors (Lipinski definition) is 0. The van der Waals surface area contributed by atoms with E-state index in [2.05, 4.69) is 0 Å². The zero-order chi connectivity index (χ0) is 16.0. The van der Waals surface area contributed by atoms with Gasteiger partial charge in [-0.25, -0.2) is 0 Å². The molecule has 0 fully saturated rings. The normalized spacial score (nSPS) is 22.4. The molecule has 0 saturated carbocycles. The van der Waals surface area contributed by atoms with E-state index < -0.39 is 5.41 Å². The zero-order valence-electron chi connectivity index (χ0n) is 12.9. The third-order valence-electron chi connectivity index (χ3n) is 4.81. The number of rotatable bonds is 1. The Kier molecular flexibility index (Phi) is 2.95. The lowest BCUT2D eigenvalue weighted by molar-refractivity contribution is -0.110. The lowest BCUT2D eigenvalue weighted by atomic mass is 9.69. The molecule has 0 heterocycles. The van der Waals surface area contributed by atoms with Crippen molar-refractivity contribution in [3.8, 4) is 0 Å². The molecule has 0 saturated heterocycles. The van der Waals surface area contributed by atoms with Crippen LogP contribution in [0.25, 0.3) is 5.57 Å². The van der Waals surface area contributed by atoms with Crippen molar-refractivity contribution in [2.45, 2.75) is 18.8 Å². The van der Waals surface area contributed by atoms with Crippen molar-refractivity contribution in [2.75, 3.05) is 0 Å². The van der Waals surface area contributed by atoms with Crippen LogP contribution in [0.4, 0.5) is 0 Å². The fourth-order valence-electron chi connectivity index (χ4n) is 3.66. The van der Waals surface area contributed by atoms with Crippen LogP contribution in [-0.4, -0.2) is 11.6 Å². The predicted octanol–water partition coefficient (Wildman–Crippen LogP) is 4.04. The summed E-state index contributed by atoms with van der Waals surface area (Å²) in [7, 11) is 0. The topological polar surface area (TPSA) is 34.1 Å². The minimum atomic E-state index is -0.517. The molecule has 2 aliphatic rings. The first-order chi connectivity index (χ1) is 11.1. The molecule has 0 aromatic heterocycles. The summed E-state index contributed by atoms with van der Waals surface area (Å²) in [6.45, 7) is 2.04. The van der Waals surface area contributed by atoms with Crippen molar-refractivity contribution in [2.24, 2.45) is 0 Å². The molecular weight excluding hydrogens is 284 g/mol. The van der Waals surface area contributed by atoms with Gasteiger partial charge in [-0.1, -0.05) is 60.2 Å². The number of carbonyl (C=O) groups excluding carboxylic acids is 2. The molecule has 2 aromatic carbocycles. The molecule has 1 spiro atoms. The molecule has 0 aliphatic heterocycles. The van der Waals surface area contributed by atoms with Gasteiger partial charge in [-0.2, -0.15) is 0 Å². The van der Waals surface area contributed by atoms with Gasteiger partial charge in [0, 0.05) is 17.4 Å². The average Bonchev–Trinajstić information content (AvgIpc) is 2.85. The third kappa shape index (κ3) is 2.02. The van der Waals surface area contributed by atoms with Gasteiger partial charge in [0.1, 0.15) is 0 Å². The van der Waals surface area contributed by atoms with Crippen LogP contribution in [0.2, 0.25) is 0 Å². The largest absolute Gasteiger partial charge is 0.294 e. The molecule has 4 rings (SSSR count). The molecule has 0 bridgehead atoms. The van der Waals surface area contributed by atoms with Crippen LogP contribution in [0.15, 0.2) is 66.8 Å². The van der Waals surface area contributed by atoms with Gasteiger partial charge in [0.25, 0.3) is 0 Å². The first-order valence-electron chi connectivity index (χ1n) is 7.75. The highest BCUT2D eigenvalue weighted by Gasteiger charge is 2.45. The standard InChI is InChI=1S/C21H16O2/c1-14-6-8-15(9-7-14)19-12-16(22)10-11-21(19)13-20(23)17-4-2-3-5-18(17)21/h2-12H,13H2,1H3. The number of ketones is 2. The van der Waals surface area contributed by atoms with Crippen LogP contribution in [0.3, 0.4) is 0 Å². The van der Waals surface area contributed by atoms with Gasteiger partial charge in [-0.3, -0.25) is 9.59 Å². The maximum atomic E-state index is 12.5. The van der Waals surface area contributed by atoms with Crippen molar-refractivity contribution in [1.82, 2.24) is 0 Å². The Morgan fingerprint density at radius 1 is 0.957 bits per heavy atom. The second-order valence-corrected chi connectivity index (χ2v) is 6.28. The first-order valence-corrected chi connectivity index (χ1v) is 7.75. The van der Waals surface area contributed by atoms with Gasteiger partial charge in [0.15, 0.2) is 11.6 Å². The molecule has 0 N–H and O–H groups in total. The number of benzene rings is 2. The number of fused-ring (bicyclic) bond motifs is 2. The molecule has 1 unspecified atom stereocenters. The highest BCUT2D eigenvalue weighted by atomic mass is 16.1. The van der Waals surface area contributed by atoms with E-state index in [0.717, 1.165) is 22.3 Å². The lowest BCUT2D eigenvalue weighted by Crippen LogP contribution is -2.26. The van der Waals surface area contributed by atoms with Crippen molar-refractivity contribution >= 4 is 17.1 Å². The van der Waals surface area contributed by atoms with E-state index in [1.807, 2.05) is 61.5 Å². The molecule has 112 valence electrons. The summed E-state index contributed by atoms with van der Waals surface area (Å²) >= 11 is 0. The Hall–Kier alpha value is -2.74. The van der Waals surface area contributed by atoms with Crippen molar-refractivity contribution in [1.29, 1.82) is 0 Å². The first kappa shape index (κ1) is 13.9. The van der Waals surface area contributed by atoms with E-state index in [9.17, 15) is 9.59 Å². The highest BCUT2D eigenvalue weighted by molar-refractivity contribution is 6.13. The van der Waals surface area contributed by atoms with Crippen LogP contribution >= 0.6 is 0 Å². The summed E-state index contributed by atoms with van der Waals surface area (Å²) in [5.41, 5.74) is 4.34. The summed E-state index contributed by atoms with van der Waals surface area (Å²) in [4.78, 5) is 24.5. The quantitative estimate of drug-likeness (QED) is 0.796. The van der Waals surface area contributed by atoms with Crippen molar-refractivity contribution in [3.05, 3.63) is 89.0 Å². The average molecular weight is 300 g/mol. The maximum absolute atomic E-state index is 12.5. The molecule has 2 heteroatoms. The summed E-state index contributed by atoms with van der Waals surface area (Å²) in [5, 5.41) is 0. The van der Waals surface area contributed by atoms with Crippen LogP contribution in [-0.2, 0) is 10.2 Å². The Labute approximate surface area is 135 Å².